The van der Waals surface area contributed by atoms with Gasteiger partial charge in [0.2, 0.25) is 0 Å². The normalized spacial score (nSPS) is 41.5. The Morgan fingerprint density at radius 2 is 2.00 bits per heavy atom. The first-order valence-corrected chi connectivity index (χ1v) is 8.54. The number of fused-ring (bicyclic) bond motifs is 1. The van der Waals surface area contributed by atoms with E-state index in [0.29, 0.717) is 6.04 Å². The fraction of sp³-hybridized carbons (Fsp3) is 1.00. The van der Waals surface area contributed by atoms with Crippen molar-refractivity contribution in [3.05, 3.63) is 0 Å². The van der Waals surface area contributed by atoms with Crippen LogP contribution in [-0.2, 0) is 0 Å². The molecule has 0 radical (unpaired) electrons. The number of likely N-dealkylation sites (tertiary alicyclic amines) is 1. The van der Waals surface area contributed by atoms with Gasteiger partial charge >= 0.3 is 0 Å². The molecule has 0 aromatic carbocycles. The quantitative estimate of drug-likeness (QED) is 0.817. The fourth-order valence-corrected chi connectivity index (χ4v) is 4.87. The van der Waals surface area contributed by atoms with E-state index in [1.54, 1.807) is 0 Å². The van der Waals surface area contributed by atoms with Gasteiger partial charge in [0.25, 0.3) is 0 Å². The molecule has 3 atom stereocenters. The number of nitrogens with two attached hydrogens (primary N) is 1. The molecular formula is C16H32N4. The average molecular weight is 280 g/mol. The van der Waals surface area contributed by atoms with Gasteiger partial charge in [0, 0.05) is 43.8 Å². The molecule has 3 aliphatic heterocycles. The van der Waals surface area contributed by atoms with Gasteiger partial charge in [-0.1, -0.05) is 6.42 Å². The molecule has 0 aliphatic carbocycles. The zero-order valence-electron chi connectivity index (χ0n) is 13.4. The highest BCUT2D eigenvalue weighted by Crippen LogP contribution is 2.33. The smallest absolute Gasteiger partial charge is 0.0462 e. The van der Waals surface area contributed by atoms with E-state index in [4.69, 9.17) is 5.73 Å². The molecule has 0 bridgehead atoms. The summed E-state index contributed by atoms with van der Waals surface area (Å²) in [5, 5.41) is 0. The molecule has 3 saturated heterocycles. The van der Waals surface area contributed by atoms with Gasteiger partial charge in [0.05, 0.1) is 0 Å². The SMILES string of the molecule is CC1CN2CCCCC2CN1C1(CN)CCCN(C)C1. The average Bonchev–Trinajstić information content (AvgIpc) is 2.46. The van der Waals surface area contributed by atoms with E-state index in [-0.39, 0.29) is 5.54 Å². The molecule has 3 unspecified atom stereocenters. The second-order valence-electron chi connectivity index (χ2n) is 7.42. The van der Waals surface area contributed by atoms with Crippen LogP contribution in [0.4, 0.5) is 0 Å². The van der Waals surface area contributed by atoms with Crippen LogP contribution in [0.3, 0.4) is 0 Å². The summed E-state index contributed by atoms with van der Waals surface area (Å²) in [6.45, 7) is 9.42. The van der Waals surface area contributed by atoms with Crippen LogP contribution in [0.15, 0.2) is 0 Å². The lowest BCUT2D eigenvalue weighted by atomic mass is 9.83. The van der Waals surface area contributed by atoms with Crippen LogP contribution in [0.2, 0.25) is 0 Å². The van der Waals surface area contributed by atoms with E-state index < -0.39 is 0 Å². The summed E-state index contributed by atoms with van der Waals surface area (Å²) in [5.74, 6) is 0. The minimum absolute atomic E-state index is 0.232. The minimum Gasteiger partial charge on any atom is -0.329 e. The third-order valence-electron chi connectivity index (χ3n) is 5.92. The summed E-state index contributed by atoms with van der Waals surface area (Å²) in [5.41, 5.74) is 6.51. The standard InChI is InChI=1S/C16H32N4/c1-14-10-19-9-4-3-6-15(19)11-20(14)16(12-17)7-5-8-18(2)13-16/h14-15H,3-13,17H2,1-2H3. The zero-order valence-corrected chi connectivity index (χ0v) is 13.4. The Morgan fingerprint density at radius 1 is 1.15 bits per heavy atom. The molecule has 3 aliphatic rings. The Morgan fingerprint density at radius 3 is 2.75 bits per heavy atom. The molecule has 116 valence electrons. The maximum absolute atomic E-state index is 6.28. The van der Waals surface area contributed by atoms with E-state index in [0.717, 1.165) is 19.1 Å². The van der Waals surface area contributed by atoms with Crippen LogP contribution in [-0.4, -0.2) is 78.6 Å². The Labute approximate surface area is 124 Å². The predicted molar refractivity (Wildman–Crippen MR) is 83.9 cm³/mol. The first-order valence-electron chi connectivity index (χ1n) is 8.54. The zero-order chi connectivity index (χ0) is 14.2. The van der Waals surface area contributed by atoms with Crippen LogP contribution in [0.1, 0.15) is 39.0 Å². The Bertz CT molecular complexity index is 334. The van der Waals surface area contributed by atoms with Crippen LogP contribution in [0.5, 0.6) is 0 Å². The maximum atomic E-state index is 6.28. The van der Waals surface area contributed by atoms with E-state index in [9.17, 15) is 0 Å². The van der Waals surface area contributed by atoms with Crippen molar-refractivity contribution in [2.75, 3.05) is 46.3 Å². The molecule has 4 heteroatoms. The van der Waals surface area contributed by atoms with E-state index in [1.165, 1.54) is 58.3 Å². The number of piperidine rings is 2. The summed E-state index contributed by atoms with van der Waals surface area (Å²) in [4.78, 5) is 8.01. The van der Waals surface area contributed by atoms with Gasteiger partial charge in [0.15, 0.2) is 0 Å². The molecule has 2 N–H and O–H groups in total. The highest BCUT2D eigenvalue weighted by molar-refractivity contribution is 5.03. The molecule has 3 rings (SSSR count). The molecule has 4 nitrogen and oxygen atoms in total. The van der Waals surface area contributed by atoms with Gasteiger partial charge in [-0.3, -0.25) is 9.80 Å². The van der Waals surface area contributed by atoms with Gasteiger partial charge in [-0.2, -0.15) is 0 Å². The summed E-state index contributed by atoms with van der Waals surface area (Å²) >= 11 is 0. The molecule has 3 fully saturated rings. The summed E-state index contributed by atoms with van der Waals surface area (Å²) < 4.78 is 0. The van der Waals surface area contributed by atoms with Gasteiger partial charge in [0.1, 0.15) is 0 Å². The van der Waals surface area contributed by atoms with E-state index in [1.807, 2.05) is 0 Å². The molecule has 0 amide bonds. The topological polar surface area (TPSA) is 35.7 Å². The third kappa shape index (κ3) is 2.63. The highest BCUT2D eigenvalue weighted by Gasteiger charge is 2.45. The summed E-state index contributed by atoms with van der Waals surface area (Å²) in [6.07, 6.45) is 6.78. The fourth-order valence-electron chi connectivity index (χ4n) is 4.87. The molecule has 0 spiro atoms. The largest absolute Gasteiger partial charge is 0.329 e. The number of hydrogen-bond acceptors (Lipinski definition) is 4. The van der Waals surface area contributed by atoms with Crippen LogP contribution in [0.25, 0.3) is 0 Å². The van der Waals surface area contributed by atoms with Crippen molar-refractivity contribution in [2.24, 2.45) is 5.73 Å². The lowest BCUT2D eigenvalue weighted by Gasteiger charge is -2.57. The first-order chi connectivity index (χ1) is 9.64. The monoisotopic (exact) mass is 280 g/mol. The van der Waals surface area contributed by atoms with Crippen molar-refractivity contribution in [2.45, 2.75) is 56.7 Å². The van der Waals surface area contributed by atoms with E-state index >= 15 is 0 Å². The van der Waals surface area contributed by atoms with Gasteiger partial charge in [-0.25, -0.2) is 0 Å². The second-order valence-corrected chi connectivity index (χ2v) is 7.42. The second kappa shape index (κ2) is 5.91. The molecule has 3 heterocycles. The Hall–Kier alpha value is -0.160. The number of rotatable bonds is 2. The Balaban J connectivity index is 1.76. The van der Waals surface area contributed by atoms with Crippen LogP contribution in [0, 0.1) is 0 Å². The number of piperazine rings is 1. The predicted octanol–water partition coefficient (Wildman–Crippen LogP) is 0.968. The summed E-state index contributed by atoms with van der Waals surface area (Å²) in [7, 11) is 2.26. The van der Waals surface area contributed by atoms with Crippen LogP contribution >= 0.6 is 0 Å². The lowest BCUT2D eigenvalue weighted by molar-refractivity contribution is -0.0678. The van der Waals surface area contributed by atoms with Crippen LogP contribution < -0.4 is 5.73 Å². The molecule has 20 heavy (non-hydrogen) atoms. The lowest BCUT2D eigenvalue weighted by Crippen LogP contribution is -2.70. The van der Waals surface area contributed by atoms with Crippen molar-refractivity contribution in [1.29, 1.82) is 0 Å². The number of likely N-dealkylation sites (N-methyl/N-ethyl adjacent to an activating group) is 1. The molecular weight excluding hydrogens is 248 g/mol. The van der Waals surface area contributed by atoms with Gasteiger partial charge in [-0.15, -0.1) is 0 Å². The number of nitrogens with zero attached hydrogens (tertiary/aromatic N) is 3. The Kier molecular flexibility index (Phi) is 4.37. The van der Waals surface area contributed by atoms with Crippen molar-refractivity contribution >= 4 is 0 Å². The molecule has 0 saturated carbocycles. The van der Waals surface area contributed by atoms with Crippen molar-refractivity contribution in [3.63, 3.8) is 0 Å². The van der Waals surface area contributed by atoms with Crippen molar-refractivity contribution in [3.8, 4) is 0 Å². The van der Waals surface area contributed by atoms with E-state index in [2.05, 4.69) is 28.7 Å². The first kappa shape index (κ1) is 14.8. The minimum atomic E-state index is 0.232. The molecule has 0 aromatic rings. The highest BCUT2D eigenvalue weighted by atomic mass is 15.4. The van der Waals surface area contributed by atoms with Crippen molar-refractivity contribution in [1.82, 2.24) is 14.7 Å². The van der Waals surface area contributed by atoms with Gasteiger partial charge in [-0.05, 0) is 52.7 Å². The number of hydrogen-bond donors (Lipinski definition) is 1. The third-order valence-corrected chi connectivity index (χ3v) is 5.92. The molecule has 0 aromatic heterocycles. The maximum Gasteiger partial charge on any atom is 0.0462 e. The van der Waals surface area contributed by atoms with Crippen molar-refractivity contribution < 1.29 is 0 Å². The van der Waals surface area contributed by atoms with Gasteiger partial charge < -0.3 is 10.6 Å². The summed E-state index contributed by atoms with van der Waals surface area (Å²) in [6, 6.07) is 1.44.